The Morgan fingerprint density at radius 3 is 2.46 bits per heavy atom. The molecule has 0 radical (unpaired) electrons. The van der Waals surface area contributed by atoms with Crippen LogP contribution in [0.25, 0.3) is 11.0 Å². The van der Waals surface area contributed by atoms with Crippen molar-refractivity contribution in [1.82, 2.24) is 19.3 Å². The minimum atomic E-state index is -3.59. The van der Waals surface area contributed by atoms with Crippen LogP contribution in [-0.2, 0) is 14.8 Å². The summed E-state index contributed by atoms with van der Waals surface area (Å²) in [5.74, 6) is -1.17. The molecule has 140 valence electrons. The van der Waals surface area contributed by atoms with Gasteiger partial charge in [0, 0.05) is 51.2 Å². The van der Waals surface area contributed by atoms with Gasteiger partial charge in [-0.15, -0.1) is 0 Å². The Balaban J connectivity index is 1.61. The Hall–Kier alpha value is -2.46. The maximum Gasteiger partial charge on any atom is 0.254 e. The summed E-state index contributed by atoms with van der Waals surface area (Å²) in [5.41, 5.74) is 1.03. The predicted octanol–water partition coefficient (Wildman–Crippen LogP) is 0.00360. The summed E-state index contributed by atoms with van der Waals surface area (Å²) < 4.78 is 29.8. The van der Waals surface area contributed by atoms with Crippen LogP contribution in [-0.4, -0.2) is 85.5 Å². The van der Waals surface area contributed by atoms with Gasteiger partial charge in [0.05, 0.1) is 6.20 Å². The first-order valence-corrected chi connectivity index (χ1v) is 9.70. The van der Waals surface area contributed by atoms with E-state index in [0.717, 1.165) is 9.69 Å². The van der Waals surface area contributed by atoms with Crippen LogP contribution < -0.4 is 0 Å². The number of hydrogen-bond donors (Lipinski definition) is 0. The van der Waals surface area contributed by atoms with Gasteiger partial charge in [-0.25, -0.2) is 12.7 Å². The molecule has 9 nitrogen and oxygen atoms in total. The molecular formula is C16H20N4O5S. The number of fused-ring (bicyclic) bond motifs is 1. The van der Waals surface area contributed by atoms with E-state index in [1.54, 1.807) is 29.3 Å². The van der Waals surface area contributed by atoms with Crippen LogP contribution in [0.4, 0.5) is 0 Å². The van der Waals surface area contributed by atoms with Crippen LogP contribution in [0.1, 0.15) is 10.4 Å². The van der Waals surface area contributed by atoms with Crippen molar-refractivity contribution < 1.29 is 22.5 Å². The second-order valence-corrected chi connectivity index (χ2v) is 8.47. The van der Waals surface area contributed by atoms with Crippen molar-refractivity contribution in [2.45, 2.75) is 0 Å². The van der Waals surface area contributed by atoms with E-state index in [-0.39, 0.29) is 5.91 Å². The number of carbonyl (C=O) groups is 2. The first-order chi connectivity index (χ1) is 12.3. The average Bonchev–Trinajstić information content (AvgIpc) is 3.08. The Morgan fingerprint density at radius 2 is 1.81 bits per heavy atom. The third-order valence-corrected chi connectivity index (χ3v) is 6.11. The topological polar surface area (TPSA) is 104 Å². The van der Waals surface area contributed by atoms with E-state index in [0.29, 0.717) is 37.3 Å². The van der Waals surface area contributed by atoms with Crippen LogP contribution in [0.5, 0.6) is 0 Å². The zero-order valence-corrected chi connectivity index (χ0v) is 15.4. The van der Waals surface area contributed by atoms with Gasteiger partial charge in [0.15, 0.2) is 5.58 Å². The van der Waals surface area contributed by atoms with Crippen molar-refractivity contribution in [1.29, 1.82) is 0 Å². The van der Waals surface area contributed by atoms with Gasteiger partial charge < -0.3 is 14.3 Å². The van der Waals surface area contributed by atoms with Crippen molar-refractivity contribution in [2.24, 2.45) is 0 Å². The molecule has 0 N–H and O–H groups in total. The van der Waals surface area contributed by atoms with Crippen molar-refractivity contribution in [2.75, 3.05) is 46.0 Å². The van der Waals surface area contributed by atoms with Gasteiger partial charge >= 0.3 is 0 Å². The minimum Gasteiger partial charge on any atom is -0.356 e. The molecule has 1 aliphatic heterocycles. The van der Waals surface area contributed by atoms with E-state index >= 15 is 0 Å². The summed E-state index contributed by atoms with van der Waals surface area (Å²) in [6.07, 6.45) is 1.58. The van der Waals surface area contributed by atoms with Crippen LogP contribution >= 0.6 is 0 Å². The van der Waals surface area contributed by atoms with Crippen molar-refractivity contribution >= 4 is 32.8 Å². The highest BCUT2D eigenvalue weighted by Crippen LogP contribution is 2.17. The summed E-state index contributed by atoms with van der Waals surface area (Å²) >= 11 is 0. The molecule has 0 saturated carbocycles. The summed E-state index contributed by atoms with van der Waals surface area (Å²) in [5, 5.41) is 4.51. The first-order valence-electron chi connectivity index (χ1n) is 8.09. The molecule has 1 aliphatic rings. The molecule has 10 heteroatoms. The minimum absolute atomic E-state index is 0.156. The number of piperazine rings is 1. The summed E-state index contributed by atoms with van der Waals surface area (Å²) in [7, 11) is -0.803. The maximum atomic E-state index is 12.6. The molecule has 0 bridgehead atoms. The zero-order chi connectivity index (χ0) is 18.9. The van der Waals surface area contributed by atoms with Gasteiger partial charge in [-0.05, 0) is 18.2 Å². The van der Waals surface area contributed by atoms with E-state index in [9.17, 15) is 18.0 Å². The van der Waals surface area contributed by atoms with Gasteiger partial charge in [0.1, 0.15) is 5.75 Å². The maximum absolute atomic E-state index is 12.6. The van der Waals surface area contributed by atoms with E-state index in [4.69, 9.17) is 4.52 Å². The SMILES string of the molecule is CN(C)S(=O)(=O)CC(=O)N1CCN(C(=O)c2ccc3cnoc3c2)CC1. The molecule has 1 aromatic heterocycles. The fraction of sp³-hybridized carbons (Fsp3) is 0.438. The number of rotatable bonds is 4. The molecule has 0 aliphatic carbocycles. The highest BCUT2D eigenvalue weighted by molar-refractivity contribution is 7.89. The van der Waals surface area contributed by atoms with Crippen LogP contribution in [0, 0.1) is 0 Å². The lowest BCUT2D eigenvalue weighted by atomic mass is 10.1. The third kappa shape index (κ3) is 3.70. The molecule has 0 unspecified atom stereocenters. The fourth-order valence-electron chi connectivity index (χ4n) is 2.71. The van der Waals surface area contributed by atoms with E-state index < -0.39 is 21.7 Å². The first kappa shape index (κ1) is 18.3. The lowest BCUT2D eigenvalue weighted by molar-refractivity contribution is -0.129. The van der Waals surface area contributed by atoms with Crippen LogP contribution in [0.15, 0.2) is 28.9 Å². The van der Waals surface area contributed by atoms with Gasteiger partial charge in [0.2, 0.25) is 15.9 Å². The second kappa shape index (κ2) is 7.04. The highest BCUT2D eigenvalue weighted by atomic mass is 32.2. The number of benzene rings is 1. The summed E-state index contributed by atoms with van der Waals surface area (Å²) in [6, 6.07) is 5.12. The second-order valence-electron chi connectivity index (χ2n) is 6.29. The standard InChI is InChI=1S/C16H20N4O5S/c1-18(2)26(23,24)11-15(21)19-5-7-20(8-6-19)16(22)12-3-4-13-10-17-25-14(13)9-12/h3-4,9-10H,5-8,11H2,1-2H3. The summed E-state index contributed by atoms with van der Waals surface area (Å²) in [6.45, 7) is 1.30. The smallest absolute Gasteiger partial charge is 0.254 e. The Bertz CT molecular complexity index is 929. The molecule has 2 aromatic rings. The molecule has 2 amide bonds. The number of aromatic nitrogens is 1. The Kier molecular flexibility index (Phi) is 4.97. The quantitative estimate of drug-likeness (QED) is 0.740. The normalized spacial score (nSPS) is 15.7. The number of hydrogen-bond acceptors (Lipinski definition) is 6. The molecule has 0 spiro atoms. The third-order valence-electron chi connectivity index (χ3n) is 4.39. The molecule has 0 atom stereocenters. The van der Waals surface area contributed by atoms with Gasteiger partial charge in [-0.2, -0.15) is 0 Å². The molecule has 2 heterocycles. The number of amides is 2. The van der Waals surface area contributed by atoms with Crippen molar-refractivity contribution in [3.05, 3.63) is 30.0 Å². The monoisotopic (exact) mass is 380 g/mol. The van der Waals surface area contributed by atoms with Crippen molar-refractivity contribution in [3.63, 3.8) is 0 Å². The van der Waals surface area contributed by atoms with Gasteiger partial charge in [-0.1, -0.05) is 5.16 Å². The lowest BCUT2D eigenvalue weighted by Gasteiger charge is -2.35. The predicted molar refractivity (Wildman–Crippen MR) is 94.0 cm³/mol. The van der Waals surface area contributed by atoms with E-state index in [2.05, 4.69) is 5.16 Å². The summed E-state index contributed by atoms with van der Waals surface area (Å²) in [4.78, 5) is 27.9. The fourth-order valence-corrected chi connectivity index (χ4v) is 3.46. The Morgan fingerprint density at radius 1 is 1.15 bits per heavy atom. The zero-order valence-electron chi connectivity index (χ0n) is 14.6. The van der Waals surface area contributed by atoms with E-state index in [1.807, 2.05) is 0 Å². The molecule has 1 aromatic carbocycles. The molecule has 1 fully saturated rings. The van der Waals surface area contributed by atoms with Gasteiger partial charge in [-0.3, -0.25) is 9.59 Å². The molecule has 3 rings (SSSR count). The van der Waals surface area contributed by atoms with Crippen molar-refractivity contribution in [3.8, 4) is 0 Å². The lowest BCUT2D eigenvalue weighted by Crippen LogP contribution is -2.52. The number of nitrogens with zero attached hydrogens (tertiary/aromatic N) is 4. The van der Waals surface area contributed by atoms with Gasteiger partial charge in [0.25, 0.3) is 5.91 Å². The highest BCUT2D eigenvalue weighted by Gasteiger charge is 2.28. The number of carbonyl (C=O) groups excluding carboxylic acids is 2. The van der Waals surface area contributed by atoms with E-state index in [1.165, 1.54) is 19.0 Å². The van der Waals surface area contributed by atoms with Crippen LogP contribution in [0.2, 0.25) is 0 Å². The van der Waals surface area contributed by atoms with Crippen LogP contribution in [0.3, 0.4) is 0 Å². The molecule has 1 saturated heterocycles. The largest absolute Gasteiger partial charge is 0.356 e. The molecular weight excluding hydrogens is 360 g/mol. The average molecular weight is 380 g/mol. The Labute approximate surface area is 151 Å². The molecule has 26 heavy (non-hydrogen) atoms. The number of sulfonamides is 1.